The average molecular weight is 326 g/mol. The molecule has 1 aromatic rings. The molecule has 0 unspecified atom stereocenters. The third-order valence-corrected chi connectivity index (χ3v) is 4.08. The third-order valence-electron chi connectivity index (χ3n) is 4.08. The van der Waals surface area contributed by atoms with Gasteiger partial charge in [0, 0.05) is 6.04 Å². The summed E-state index contributed by atoms with van der Waals surface area (Å²) in [6.07, 6.45) is 7.17. The summed E-state index contributed by atoms with van der Waals surface area (Å²) in [6.45, 7) is 4.87. The fourth-order valence-electron chi connectivity index (χ4n) is 2.75. The van der Waals surface area contributed by atoms with Gasteiger partial charge in [0.15, 0.2) is 0 Å². The van der Waals surface area contributed by atoms with E-state index >= 15 is 0 Å². The summed E-state index contributed by atoms with van der Waals surface area (Å²) < 4.78 is 5.64. The Hall–Kier alpha value is -2.28. The summed E-state index contributed by atoms with van der Waals surface area (Å²) in [5.41, 5.74) is 0.971. The Bertz CT molecular complexity index is 606. The molecular weight excluding hydrogens is 300 g/mol. The first-order valence-electron chi connectivity index (χ1n) is 8.74. The molecule has 0 spiro atoms. The number of carbonyl (C=O) groups excluding carboxylic acids is 1. The third kappa shape index (κ3) is 5.73. The Morgan fingerprint density at radius 1 is 1.29 bits per heavy atom. The molecule has 0 atom stereocenters. The standard InChI is InChI=1S/C20H26N2O2/c1-15(2)14-24-19-10-8-16(9-11-19)12-17(13-21)20(23)22-18-6-4-3-5-7-18/h8-12,15,18H,3-7,14H2,1-2H3,(H,22,23)/b17-12+. The van der Waals surface area contributed by atoms with E-state index in [0.29, 0.717) is 12.5 Å². The monoisotopic (exact) mass is 326 g/mol. The van der Waals surface area contributed by atoms with E-state index in [1.54, 1.807) is 6.08 Å². The molecule has 0 heterocycles. The number of amides is 1. The van der Waals surface area contributed by atoms with Gasteiger partial charge in [-0.3, -0.25) is 4.79 Å². The van der Waals surface area contributed by atoms with Gasteiger partial charge in [-0.1, -0.05) is 45.2 Å². The second-order valence-electron chi connectivity index (χ2n) is 6.75. The van der Waals surface area contributed by atoms with E-state index in [4.69, 9.17) is 4.74 Å². The van der Waals surface area contributed by atoms with Crippen LogP contribution in [0.25, 0.3) is 6.08 Å². The molecular formula is C20H26N2O2. The summed E-state index contributed by atoms with van der Waals surface area (Å²) in [5.74, 6) is 0.994. The molecule has 0 aromatic heterocycles. The molecule has 4 nitrogen and oxygen atoms in total. The van der Waals surface area contributed by atoms with Crippen LogP contribution in [0, 0.1) is 17.2 Å². The van der Waals surface area contributed by atoms with Crippen LogP contribution >= 0.6 is 0 Å². The second-order valence-corrected chi connectivity index (χ2v) is 6.75. The van der Waals surface area contributed by atoms with Gasteiger partial charge in [0.05, 0.1) is 6.61 Å². The number of ether oxygens (including phenoxy) is 1. The number of nitrogens with zero attached hydrogens (tertiary/aromatic N) is 1. The molecule has 4 heteroatoms. The largest absolute Gasteiger partial charge is 0.493 e. The van der Waals surface area contributed by atoms with E-state index in [-0.39, 0.29) is 17.5 Å². The number of hydrogen-bond donors (Lipinski definition) is 1. The number of hydrogen-bond acceptors (Lipinski definition) is 3. The molecule has 1 N–H and O–H groups in total. The zero-order valence-electron chi connectivity index (χ0n) is 14.5. The maximum atomic E-state index is 12.3. The minimum absolute atomic E-state index is 0.149. The highest BCUT2D eigenvalue weighted by Gasteiger charge is 2.18. The molecule has 1 aliphatic rings. The van der Waals surface area contributed by atoms with Crippen molar-refractivity contribution in [1.82, 2.24) is 5.32 Å². The Morgan fingerprint density at radius 3 is 2.54 bits per heavy atom. The number of nitriles is 1. The lowest BCUT2D eigenvalue weighted by Crippen LogP contribution is -2.36. The molecule has 1 fully saturated rings. The first-order valence-corrected chi connectivity index (χ1v) is 8.74. The van der Waals surface area contributed by atoms with E-state index in [9.17, 15) is 10.1 Å². The zero-order valence-corrected chi connectivity index (χ0v) is 14.5. The van der Waals surface area contributed by atoms with Gasteiger partial charge in [0.2, 0.25) is 0 Å². The smallest absolute Gasteiger partial charge is 0.262 e. The SMILES string of the molecule is CC(C)COc1ccc(/C=C(\C#N)C(=O)NC2CCCCC2)cc1. The first kappa shape index (κ1) is 18.1. The summed E-state index contributed by atoms with van der Waals surface area (Å²) in [4.78, 5) is 12.3. The summed E-state index contributed by atoms with van der Waals surface area (Å²) >= 11 is 0. The average Bonchev–Trinajstić information content (AvgIpc) is 2.59. The minimum atomic E-state index is -0.274. The van der Waals surface area contributed by atoms with Crippen molar-refractivity contribution in [1.29, 1.82) is 5.26 Å². The van der Waals surface area contributed by atoms with Crippen molar-refractivity contribution < 1.29 is 9.53 Å². The van der Waals surface area contributed by atoms with Gasteiger partial charge in [-0.15, -0.1) is 0 Å². The van der Waals surface area contributed by atoms with Gasteiger partial charge >= 0.3 is 0 Å². The predicted octanol–water partition coefficient (Wildman–Crippen LogP) is 4.08. The highest BCUT2D eigenvalue weighted by atomic mass is 16.5. The van der Waals surface area contributed by atoms with Crippen molar-refractivity contribution in [3.05, 3.63) is 35.4 Å². The molecule has 0 aliphatic heterocycles. The molecule has 0 bridgehead atoms. The van der Waals surface area contributed by atoms with Crippen molar-refractivity contribution in [2.45, 2.75) is 52.0 Å². The first-order chi connectivity index (χ1) is 11.6. The van der Waals surface area contributed by atoms with Crippen molar-refractivity contribution in [2.24, 2.45) is 5.92 Å². The number of rotatable bonds is 6. The Labute approximate surface area is 144 Å². The van der Waals surface area contributed by atoms with Gasteiger partial charge in [-0.2, -0.15) is 5.26 Å². The summed E-state index contributed by atoms with van der Waals surface area (Å²) in [5, 5.41) is 12.3. The number of benzene rings is 1. The lowest BCUT2D eigenvalue weighted by Gasteiger charge is -2.22. The fourth-order valence-corrected chi connectivity index (χ4v) is 2.75. The molecule has 1 aliphatic carbocycles. The molecule has 24 heavy (non-hydrogen) atoms. The van der Waals surface area contributed by atoms with E-state index in [1.165, 1.54) is 6.42 Å². The van der Waals surface area contributed by atoms with Gasteiger partial charge < -0.3 is 10.1 Å². The maximum absolute atomic E-state index is 12.3. The molecule has 0 radical (unpaired) electrons. The highest BCUT2D eigenvalue weighted by Crippen LogP contribution is 2.19. The Kier molecular flexibility index (Phi) is 6.87. The van der Waals surface area contributed by atoms with Crippen LogP contribution in [0.5, 0.6) is 5.75 Å². The van der Waals surface area contributed by atoms with Gasteiger partial charge in [-0.25, -0.2) is 0 Å². The number of carbonyl (C=O) groups is 1. The molecule has 2 rings (SSSR count). The Morgan fingerprint density at radius 2 is 1.96 bits per heavy atom. The van der Waals surface area contributed by atoms with Crippen LogP contribution in [-0.2, 0) is 4.79 Å². The lowest BCUT2D eigenvalue weighted by molar-refractivity contribution is -0.117. The van der Waals surface area contributed by atoms with Crippen LogP contribution in [0.15, 0.2) is 29.8 Å². The quantitative estimate of drug-likeness (QED) is 0.633. The lowest BCUT2D eigenvalue weighted by atomic mass is 9.95. The van der Waals surface area contributed by atoms with Gasteiger partial charge in [-0.05, 0) is 42.5 Å². The van der Waals surface area contributed by atoms with Crippen LogP contribution in [-0.4, -0.2) is 18.6 Å². The second kappa shape index (κ2) is 9.12. The van der Waals surface area contributed by atoms with E-state index in [1.807, 2.05) is 30.3 Å². The predicted molar refractivity (Wildman–Crippen MR) is 95.4 cm³/mol. The number of nitrogens with one attached hydrogen (secondary N) is 1. The van der Waals surface area contributed by atoms with Crippen molar-refractivity contribution in [2.75, 3.05) is 6.61 Å². The van der Waals surface area contributed by atoms with Crippen molar-refractivity contribution in [3.63, 3.8) is 0 Å². The molecule has 1 saturated carbocycles. The van der Waals surface area contributed by atoms with Crippen molar-refractivity contribution >= 4 is 12.0 Å². The van der Waals surface area contributed by atoms with Crippen LogP contribution in [0.1, 0.15) is 51.5 Å². The summed E-state index contributed by atoms with van der Waals surface area (Å²) in [6, 6.07) is 9.67. The Balaban J connectivity index is 1.98. The fraction of sp³-hybridized carbons (Fsp3) is 0.500. The molecule has 128 valence electrons. The molecule has 1 aromatic carbocycles. The minimum Gasteiger partial charge on any atom is -0.493 e. The van der Waals surface area contributed by atoms with Crippen LogP contribution in [0.4, 0.5) is 0 Å². The van der Waals surface area contributed by atoms with Crippen LogP contribution in [0.3, 0.4) is 0 Å². The van der Waals surface area contributed by atoms with E-state index < -0.39 is 0 Å². The van der Waals surface area contributed by atoms with E-state index in [0.717, 1.165) is 37.0 Å². The van der Waals surface area contributed by atoms with E-state index in [2.05, 4.69) is 19.2 Å². The molecule has 0 saturated heterocycles. The van der Waals surface area contributed by atoms with Gasteiger partial charge in [0.1, 0.15) is 17.4 Å². The summed E-state index contributed by atoms with van der Waals surface area (Å²) in [7, 11) is 0. The van der Waals surface area contributed by atoms with Crippen LogP contribution in [0.2, 0.25) is 0 Å². The van der Waals surface area contributed by atoms with Crippen LogP contribution < -0.4 is 10.1 Å². The zero-order chi connectivity index (χ0) is 17.4. The normalized spacial score (nSPS) is 15.8. The molecule has 1 amide bonds. The topological polar surface area (TPSA) is 62.1 Å². The van der Waals surface area contributed by atoms with Gasteiger partial charge in [0.25, 0.3) is 5.91 Å². The van der Waals surface area contributed by atoms with Crippen molar-refractivity contribution in [3.8, 4) is 11.8 Å². The highest BCUT2D eigenvalue weighted by molar-refractivity contribution is 6.01. The maximum Gasteiger partial charge on any atom is 0.262 e.